The third-order valence-electron chi connectivity index (χ3n) is 3.71. The molecular weight excluding hydrogens is 354 g/mol. The molecule has 4 N–H and O–H groups in total. The van der Waals surface area contributed by atoms with Crippen LogP contribution in [0.1, 0.15) is 10.5 Å². The van der Waals surface area contributed by atoms with E-state index in [-0.39, 0.29) is 12.5 Å². The van der Waals surface area contributed by atoms with Crippen LogP contribution in [0.4, 0.5) is 5.13 Å². The van der Waals surface area contributed by atoms with Crippen LogP contribution in [0.2, 0.25) is 0 Å². The van der Waals surface area contributed by atoms with E-state index >= 15 is 0 Å². The van der Waals surface area contributed by atoms with Crippen LogP contribution in [0.5, 0.6) is 0 Å². The van der Waals surface area contributed by atoms with Crippen molar-refractivity contribution >= 4 is 39.3 Å². The molecule has 0 unspecified atom stereocenters. The van der Waals surface area contributed by atoms with Crippen molar-refractivity contribution in [2.75, 3.05) is 5.32 Å². The molecule has 0 fully saturated rings. The predicted octanol–water partition coefficient (Wildman–Crippen LogP) is 1.62. The van der Waals surface area contributed by atoms with Crippen LogP contribution in [-0.4, -0.2) is 36.8 Å². The Hall–Kier alpha value is -3.53. The summed E-state index contributed by atoms with van der Waals surface area (Å²) in [5, 5.41) is 13.0. The van der Waals surface area contributed by atoms with Gasteiger partial charge in [0.15, 0.2) is 5.13 Å². The van der Waals surface area contributed by atoms with E-state index in [1.54, 1.807) is 17.6 Å². The summed E-state index contributed by atoms with van der Waals surface area (Å²) in [4.78, 5) is 30.5. The van der Waals surface area contributed by atoms with E-state index < -0.39 is 5.91 Å². The lowest BCUT2D eigenvalue weighted by atomic mass is 10.2. The van der Waals surface area contributed by atoms with Crippen molar-refractivity contribution in [3.05, 3.63) is 47.6 Å². The van der Waals surface area contributed by atoms with Crippen LogP contribution in [0, 0.1) is 0 Å². The Labute approximate surface area is 150 Å². The number of rotatable bonds is 5. The zero-order valence-corrected chi connectivity index (χ0v) is 14.2. The smallest absolute Gasteiger partial charge is 0.265 e. The fraction of sp³-hybridized carbons (Fsp3) is 0.0625. The van der Waals surface area contributed by atoms with E-state index in [1.807, 2.05) is 24.3 Å². The molecule has 3 aromatic heterocycles. The molecular formula is C16H13N7O2S. The number of amides is 2. The van der Waals surface area contributed by atoms with Crippen molar-refractivity contribution in [1.82, 2.24) is 25.0 Å². The quantitative estimate of drug-likeness (QED) is 0.493. The van der Waals surface area contributed by atoms with Gasteiger partial charge >= 0.3 is 0 Å². The first-order chi connectivity index (χ1) is 12.6. The van der Waals surface area contributed by atoms with Gasteiger partial charge in [0.25, 0.3) is 5.91 Å². The Kier molecular flexibility index (Phi) is 3.93. The standard InChI is InChI=1S/C16H13N7O2S/c17-15(25)11-5-9(6-18-11)12-8-26-16(19-12)20-14(24)7-23-13-4-2-1-3-10(13)21-22-23/h1-6,8,18H,7H2,(H2,17,25)(H,19,20,24). The van der Waals surface area contributed by atoms with Crippen LogP contribution in [0.3, 0.4) is 0 Å². The lowest BCUT2D eigenvalue weighted by molar-refractivity contribution is -0.116. The molecule has 2 amide bonds. The number of para-hydroxylation sites is 1. The van der Waals surface area contributed by atoms with Gasteiger partial charge in [0.2, 0.25) is 5.91 Å². The van der Waals surface area contributed by atoms with E-state index in [0.29, 0.717) is 16.5 Å². The molecule has 1 aromatic carbocycles. The van der Waals surface area contributed by atoms with E-state index in [9.17, 15) is 9.59 Å². The van der Waals surface area contributed by atoms with Gasteiger partial charge in [-0.3, -0.25) is 9.59 Å². The number of carbonyl (C=O) groups excluding carboxylic acids is 2. The van der Waals surface area contributed by atoms with Gasteiger partial charge in [-0.2, -0.15) is 0 Å². The molecule has 0 aliphatic rings. The van der Waals surface area contributed by atoms with Crippen LogP contribution in [0.15, 0.2) is 41.9 Å². The first-order valence-corrected chi connectivity index (χ1v) is 8.50. The number of aromatic amines is 1. The van der Waals surface area contributed by atoms with Gasteiger partial charge in [0, 0.05) is 17.1 Å². The zero-order valence-electron chi connectivity index (χ0n) is 13.3. The maximum absolute atomic E-state index is 12.3. The van der Waals surface area contributed by atoms with Crippen molar-refractivity contribution in [2.45, 2.75) is 6.54 Å². The first kappa shape index (κ1) is 16.0. The first-order valence-electron chi connectivity index (χ1n) is 7.62. The second kappa shape index (κ2) is 6.41. The number of benzene rings is 1. The molecule has 0 saturated heterocycles. The average molecular weight is 367 g/mol. The molecule has 3 heterocycles. The molecule has 0 aliphatic carbocycles. The molecule has 130 valence electrons. The van der Waals surface area contributed by atoms with Crippen LogP contribution in [-0.2, 0) is 11.3 Å². The Balaban J connectivity index is 1.46. The number of aromatic nitrogens is 5. The highest BCUT2D eigenvalue weighted by Crippen LogP contribution is 2.25. The largest absolute Gasteiger partial charge is 0.364 e. The molecule has 4 rings (SSSR count). The molecule has 0 bridgehead atoms. The van der Waals surface area contributed by atoms with Gasteiger partial charge in [-0.05, 0) is 18.2 Å². The Morgan fingerprint density at radius 3 is 2.96 bits per heavy atom. The summed E-state index contributed by atoms with van der Waals surface area (Å²) in [5.74, 6) is -0.798. The molecule has 0 atom stereocenters. The number of carbonyl (C=O) groups is 2. The lowest BCUT2D eigenvalue weighted by Gasteiger charge is -2.02. The number of hydrogen-bond donors (Lipinski definition) is 3. The van der Waals surface area contributed by atoms with Gasteiger partial charge in [-0.15, -0.1) is 16.4 Å². The third kappa shape index (κ3) is 3.05. The Morgan fingerprint density at radius 1 is 1.31 bits per heavy atom. The summed E-state index contributed by atoms with van der Waals surface area (Å²) in [7, 11) is 0. The fourth-order valence-corrected chi connectivity index (χ4v) is 3.21. The average Bonchev–Trinajstić information content (AvgIpc) is 3.34. The monoisotopic (exact) mass is 367 g/mol. The second-order valence-electron chi connectivity index (χ2n) is 5.49. The van der Waals surface area contributed by atoms with Gasteiger partial charge in [-0.1, -0.05) is 17.3 Å². The summed E-state index contributed by atoms with van der Waals surface area (Å²) >= 11 is 1.29. The highest BCUT2D eigenvalue weighted by atomic mass is 32.1. The van der Waals surface area contributed by atoms with Crippen molar-refractivity contribution in [1.29, 1.82) is 0 Å². The number of nitrogens with zero attached hydrogens (tertiary/aromatic N) is 4. The number of hydrogen-bond acceptors (Lipinski definition) is 6. The van der Waals surface area contributed by atoms with E-state index in [1.165, 1.54) is 16.0 Å². The molecule has 26 heavy (non-hydrogen) atoms. The van der Waals surface area contributed by atoms with Crippen molar-refractivity contribution in [2.24, 2.45) is 5.73 Å². The molecule has 9 nitrogen and oxygen atoms in total. The molecule has 0 aliphatic heterocycles. The summed E-state index contributed by atoms with van der Waals surface area (Å²) < 4.78 is 1.53. The number of nitrogens with two attached hydrogens (primary N) is 1. The van der Waals surface area contributed by atoms with Gasteiger partial charge < -0.3 is 16.0 Å². The van der Waals surface area contributed by atoms with Gasteiger partial charge in [-0.25, -0.2) is 9.67 Å². The second-order valence-corrected chi connectivity index (χ2v) is 6.35. The molecule has 4 aromatic rings. The van der Waals surface area contributed by atoms with Crippen LogP contribution >= 0.6 is 11.3 Å². The number of primary amides is 1. The number of anilines is 1. The molecule has 0 radical (unpaired) electrons. The number of nitrogens with one attached hydrogen (secondary N) is 2. The molecule has 0 saturated carbocycles. The van der Waals surface area contributed by atoms with Gasteiger partial charge in [0.05, 0.1) is 11.2 Å². The minimum Gasteiger partial charge on any atom is -0.364 e. The van der Waals surface area contributed by atoms with E-state index in [2.05, 4.69) is 25.6 Å². The SMILES string of the molecule is NC(=O)c1cc(-c2csc(NC(=O)Cn3nnc4ccccc43)n2)c[nH]1. The maximum atomic E-state index is 12.3. The Morgan fingerprint density at radius 2 is 2.15 bits per heavy atom. The summed E-state index contributed by atoms with van der Waals surface area (Å²) in [6, 6.07) is 9.03. The topological polar surface area (TPSA) is 132 Å². The normalized spacial score (nSPS) is 10.9. The van der Waals surface area contributed by atoms with Crippen molar-refractivity contribution < 1.29 is 9.59 Å². The third-order valence-corrected chi connectivity index (χ3v) is 4.47. The van der Waals surface area contributed by atoms with Crippen LogP contribution in [0.25, 0.3) is 22.3 Å². The minimum atomic E-state index is -0.542. The predicted molar refractivity (Wildman–Crippen MR) is 96.6 cm³/mol. The summed E-state index contributed by atoms with van der Waals surface area (Å²) in [6.07, 6.45) is 1.64. The fourth-order valence-electron chi connectivity index (χ4n) is 2.48. The minimum absolute atomic E-state index is 0.0331. The van der Waals surface area contributed by atoms with Gasteiger partial charge in [0.1, 0.15) is 17.8 Å². The van der Waals surface area contributed by atoms with E-state index in [4.69, 9.17) is 5.73 Å². The number of H-pyrrole nitrogens is 1. The van der Waals surface area contributed by atoms with Crippen LogP contribution < -0.4 is 11.1 Å². The lowest BCUT2D eigenvalue weighted by Crippen LogP contribution is -2.19. The maximum Gasteiger partial charge on any atom is 0.265 e. The van der Waals surface area contributed by atoms with E-state index in [0.717, 1.165) is 16.6 Å². The number of fused-ring (bicyclic) bond motifs is 1. The summed E-state index contributed by atoms with van der Waals surface area (Å²) in [5.41, 5.74) is 8.40. The number of thiazole rings is 1. The zero-order chi connectivity index (χ0) is 18.1. The highest BCUT2D eigenvalue weighted by Gasteiger charge is 2.13. The molecule has 10 heteroatoms. The highest BCUT2D eigenvalue weighted by molar-refractivity contribution is 7.14. The Bertz CT molecular complexity index is 1110. The van der Waals surface area contributed by atoms with Crippen molar-refractivity contribution in [3.63, 3.8) is 0 Å². The summed E-state index contributed by atoms with van der Waals surface area (Å²) in [6.45, 7) is 0.0331. The molecule has 0 spiro atoms. The van der Waals surface area contributed by atoms with Crippen molar-refractivity contribution in [3.8, 4) is 11.3 Å².